The van der Waals surface area contributed by atoms with Crippen LogP contribution in [0.5, 0.6) is 5.75 Å². The quantitative estimate of drug-likeness (QED) is 0.442. The Hall–Kier alpha value is -2.10. The summed E-state index contributed by atoms with van der Waals surface area (Å²) < 4.78 is 5.02. The first-order valence-electron chi connectivity index (χ1n) is 4.74. The van der Waals surface area contributed by atoms with E-state index in [0.717, 1.165) is 6.08 Å². The maximum Gasteiger partial charge on any atom is 0.335 e. The molecule has 1 aromatic carbocycles. The number of rotatable bonds is 3. The summed E-state index contributed by atoms with van der Waals surface area (Å²) >= 11 is 0. The zero-order valence-electron chi connectivity index (χ0n) is 9.27. The van der Waals surface area contributed by atoms with E-state index >= 15 is 0 Å². The highest BCUT2D eigenvalue weighted by atomic mass is 16.5. The van der Waals surface area contributed by atoms with Gasteiger partial charge in [0, 0.05) is 20.0 Å². The summed E-state index contributed by atoms with van der Waals surface area (Å²) in [4.78, 5) is 23.7. The first-order valence-corrected chi connectivity index (χ1v) is 4.74. The zero-order chi connectivity index (χ0) is 12.1. The van der Waals surface area contributed by atoms with Crippen LogP contribution in [0.1, 0.15) is 6.92 Å². The first-order chi connectivity index (χ1) is 7.56. The third-order valence-electron chi connectivity index (χ3n) is 2.08. The lowest BCUT2D eigenvalue weighted by atomic mass is 10.2. The van der Waals surface area contributed by atoms with E-state index in [2.05, 4.69) is 6.58 Å². The average molecular weight is 219 g/mol. The smallest absolute Gasteiger partial charge is 0.335 e. The zero-order valence-corrected chi connectivity index (χ0v) is 9.27. The van der Waals surface area contributed by atoms with E-state index in [1.54, 1.807) is 31.3 Å². The molecule has 1 amide bonds. The fraction of sp³-hybridized carbons (Fsp3) is 0.167. The fourth-order valence-corrected chi connectivity index (χ4v) is 1.14. The van der Waals surface area contributed by atoms with Crippen LogP contribution in [-0.4, -0.2) is 18.9 Å². The van der Waals surface area contributed by atoms with Crippen LogP contribution in [0.4, 0.5) is 5.69 Å². The molecule has 0 heterocycles. The minimum Gasteiger partial charge on any atom is -0.421 e. The van der Waals surface area contributed by atoms with Crippen LogP contribution in [0.25, 0.3) is 0 Å². The van der Waals surface area contributed by atoms with Gasteiger partial charge in [0.05, 0.1) is 5.69 Å². The molecule has 84 valence electrons. The second kappa shape index (κ2) is 5.11. The van der Waals surface area contributed by atoms with Crippen LogP contribution in [-0.2, 0) is 9.59 Å². The molecule has 0 saturated heterocycles. The Labute approximate surface area is 94.1 Å². The molecule has 4 heteroatoms. The van der Waals surface area contributed by atoms with Crippen LogP contribution >= 0.6 is 0 Å². The van der Waals surface area contributed by atoms with Crippen LogP contribution in [0.15, 0.2) is 36.9 Å². The lowest BCUT2D eigenvalue weighted by Crippen LogP contribution is -2.23. The molecule has 1 aromatic rings. The van der Waals surface area contributed by atoms with Crippen molar-refractivity contribution in [1.29, 1.82) is 0 Å². The molecular weight excluding hydrogens is 206 g/mol. The lowest BCUT2D eigenvalue weighted by Gasteiger charge is -2.17. The normalized spacial score (nSPS) is 9.38. The Morgan fingerprint density at radius 1 is 1.38 bits per heavy atom. The summed E-state index contributed by atoms with van der Waals surface area (Å²) in [5.74, 6) is -0.350. The topological polar surface area (TPSA) is 46.6 Å². The molecule has 0 saturated carbocycles. The van der Waals surface area contributed by atoms with Crippen LogP contribution < -0.4 is 9.64 Å². The molecule has 0 bridgehead atoms. The van der Waals surface area contributed by atoms with E-state index in [4.69, 9.17) is 4.74 Å². The summed E-state index contributed by atoms with van der Waals surface area (Å²) in [5, 5.41) is 0. The van der Waals surface area contributed by atoms with Crippen molar-refractivity contribution in [3.8, 4) is 5.75 Å². The Morgan fingerprint density at radius 2 is 2.00 bits per heavy atom. The standard InChI is InChI=1S/C12H13NO3/c1-4-12(15)16-11-8-6-5-7-10(11)13(3)9(2)14/h4-8H,1H2,2-3H3. The number of ether oxygens (including phenoxy) is 1. The van der Waals surface area contributed by atoms with Crippen LogP contribution in [0, 0.1) is 0 Å². The molecule has 1 rings (SSSR count). The molecule has 0 aromatic heterocycles. The predicted octanol–water partition coefficient (Wildman–Crippen LogP) is 1.76. The molecule has 0 fully saturated rings. The third-order valence-corrected chi connectivity index (χ3v) is 2.08. The number of carbonyl (C=O) groups is 2. The number of nitrogens with zero attached hydrogens (tertiary/aromatic N) is 1. The van der Waals surface area contributed by atoms with Crippen molar-refractivity contribution in [1.82, 2.24) is 0 Å². The van der Waals surface area contributed by atoms with Gasteiger partial charge in [0.25, 0.3) is 0 Å². The fourth-order valence-electron chi connectivity index (χ4n) is 1.14. The molecule has 0 atom stereocenters. The van der Waals surface area contributed by atoms with Gasteiger partial charge < -0.3 is 9.64 Å². The Bertz CT molecular complexity index is 426. The largest absolute Gasteiger partial charge is 0.421 e. The van der Waals surface area contributed by atoms with Gasteiger partial charge in [-0.2, -0.15) is 0 Å². The van der Waals surface area contributed by atoms with Gasteiger partial charge in [-0.3, -0.25) is 4.79 Å². The number of anilines is 1. The number of carbonyl (C=O) groups excluding carboxylic acids is 2. The van der Waals surface area contributed by atoms with Gasteiger partial charge in [-0.25, -0.2) is 4.79 Å². The summed E-state index contributed by atoms with van der Waals surface area (Å²) in [5.41, 5.74) is 0.546. The predicted molar refractivity (Wildman–Crippen MR) is 61.4 cm³/mol. The van der Waals surface area contributed by atoms with Crippen LogP contribution in [0.3, 0.4) is 0 Å². The average Bonchev–Trinajstić information content (AvgIpc) is 2.28. The number of esters is 1. The molecule has 0 N–H and O–H groups in total. The Kier molecular flexibility index (Phi) is 3.83. The molecule has 16 heavy (non-hydrogen) atoms. The van der Waals surface area contributed by atoms with Gasteiger partial charge in [0.15, 0.2) is 5.75 Å². The van der Waals surface area contributed by atoms with E-state index in [1.165, 1.54) is 11.8 Å². The van der Waals surface area contributed by atoms with Crippen molar-refractivity contribution >= 4 is 17.6 Å². The number of benzene rings is 1. The minimum atomic E-state index is -0.551. The van der Waals surface area contributed by atoms with Crippen molar-refractivity contribution < 1.29 is 14.3 Å². The number of hydrogen-bond donors (Lipinski definition) is 0. The first kappa shape index (κ1) is 12.0. The molecule has 0 unspecified atom stereocenters. The summed E-state index contributed by atoms with van der Waals surface area (Å²) in [7, 11) is 1.61. The third kappa shape index (κ3) is 2.70. The highest BCUT2D eigenvalue weighted by molar-refractivity contribution is 5.93. The summed E-state index contributed by atoms with van der Waals surface area (Å²) in [6, 6.07) is 6.81. The maximum absolute atomic E-state index is 11.2. The van der Waals surface area contributed by atoms with E-state index in [-0.39, 0.29) is 5.91 Å². The van der Waals surface area contributed by atoms with Gasteiger partial charge in [0.1, 0.15) is 0 Å². The monoisotopic (exact) mass is 219 g/mol. The highest BCUT2D eigenvalue weighted by Gasteiger charge is 2.12. The van der Waals surface area contributed by atoms with Crippen LogP contribution in [0.2, 0.25) is 0 Å². The van der Waals surface area contributed by atoms with E-state index in [1.807, 2.05) is 0 Å². The lowest BCUT2D eigenvalue weighted by molar-refractivity contribution is -0.129. The highest BCUT2D eigenvalue weighted by Crippen LogP contribution is 2.27. The molecule has 0 radical (unpaired) electrons. The van der Waals surface area contributed by atoms with Crippen molar-refractivity contribution in [3.05, 3.63) is 36.9 Å². The Balaban J connectivity index is 3.04. The van der Waals surface area contributed by atoms with Gasteiger partial charge in [-0.15, -0.1) is 0 Å². The summed E-state index contributed by atoms with van der Waals surface area (Å²) in [6.45, 7) is 4.75. The van der Waals surface area contributed by atoms with Crippen molar-refractivity contribution in [3.63, 3.8) is 0 Å². The maximum atomic E-state index is 11.2. The van der Waals surface area contributed by atoms with E-state index < -0.39 is 5.97 Å². The number of hydrogen-bond acceptors (Lipinski definition) is 3. The summed E-state index contributed by atoms with van der Waals surface area (Å²) in [6.07, 6.45) is 1.07. The molecule has 0 spiro atoms. The molecule has 4 nitrogen and oxygen atoms in total. The van der Waals surface area contributed by atoms with E-state index in [9.17, 15) is 9.59 Å². The van der Waals surface area contributed by atoms with Gasteiger partial charge in [0.2, 0.25) is 5.91 Å². The number of amides is 1. The Morgan fingerprint density at radius 3 is 2.56 bits per heavy atom. The van der Waals surface area contributed by atoms with Gasteiger partial charge in [-0.05, 0) is 12.1 Å². The van der Waals surface area contributed by atoms with Gasteiger partial charge >= 0.3 is 5.97 Å². The SMILES string of the molecule is C=CC(=O)Oc1ccccc1N(C)C(C)=O. The minimum absolute atomic E-state index is 0.137. The van der Waals surface area contributed by atoms with Crippen molar-refractivity contribution in [2.45, 2.75) is 6.92 Å². The second-order valence-electron chi connectivity index (χ2n) is 3.17. The van der Waals surface area contributed by atoms with E-state index in [0.29, 0.717) is 11.4 Å². The van der Waals surface area contributed by atoms with Crippen molar-refractivity contribution in [2.24, 2.45) is 0 Å². The number of para-hydroxylation sites is 2. The molecule has 0 aliphatic heterocycles. The van der Waals surface area contributed by atoms with Gasteiger partial charge in [-0.1, -0.05) is 18.7 Å². The molecule has 0 aliphatic carbocycles. The second-order valence-corrected chi connectivity index (χ2v) is 3.17. The molecule has 0 aliphatic rings. The molecular formula is C12H13NO3. The van der Waals surface area contributed by atoms with Crippen molar-refractivity contribution in [2.75, 3.05) is 11.9 Å².